The van der Waals surface area contributed by atoms with E-state index in [-0.39, 0.29) is 5.91 Å². The summed E-state index contributed by atoms with van der Waals surface area (Å²) >= 11 is 5.88. The number of carbonyl (C=O) groups is 1. The highest BCUT2D eigenvalue weighted by atomic mass is 35.5. The second-order valence-corrected chi connectivity index (χ2v) is 6.62. The Labute approximate surface area is 153 Å². The molecule has 1 N–H and O–H groups in total. The maximum atomic E-state index is 12.4. The zero-order valence-corrected chi connectivity index (χ0v) is 14.8. The molecule has 2 aromatic carbocycles. The summed E-state index contributed by atoms with van der Waals surface area (Å²) in [6.07, 6.45) is 2.54. The van der Waals surface area contributed by atoms with Gasteiger partial charge in [0.05, 0.1) is 12.2 Å². The Bertz CT molecular complexity index is 698. The Morgan fingerprint density at radius 2 is 1.88 bits per heavy atom. The molecule has 1 aliphatic carbocycles. The predicted octanol–water partition coefficient (Wildman–Crippen LogP) is 4.08. The van der Waals surface area contributed by atoms with Crippen molar-refractivity contribution in [2.75, 3.05) is 19.8 Å². The lowest BCUT2D eigenvalue weighted by atomic mass is 10.2. The SMILES string of the molecule is O=C(NCCOCC1CC1)c1ccccc1OCc1ccc(Cl)cc1. The first-order valence-electron chi connectivity index (χ1n) is 8.54. The number of benzene rings is 2. The summed E-state index contributed by atoms with van der Waals surface area (Å²) in [6.45, 7) is 2.22. The van der Waals surface area contributed by atoms with Gasteiger partial charge < -0.3 is 14.8 Å². The Hall–Kier alpha value is -2.04. The summed E-state index contributed by atoms with van der Waals surface area (Å²) in [6, 6.07) is 14.7. The molecule has 3 rings (SSSR count). The lowest BCUT2D eigenvalue weighted by molar-refractivity contribution is 0.0902. The molecule has 5 heteroatoms. The standard InChI is InChI=1S/C20H22ClNO3/c21-17-9-7-16(8-10-17)14-25-19-4-2-1-3-18(19)20(23)22-11-12-24-13-15-5-6-15/h1-4,7-10,15H,5-6,11-14H2,(H,22,23). The molecule has 0 bridgehead atoms. The maximum absolute atomic E-state index is 12.4. The van der Waals surface area contributed by atoms with Crippen LogP contribution in [-0.2, 0) is 11.3 Å². The van der Waals surface area contributed by atoms with E-state index in [2.05, 4.69) is 5.32 Å². The van der Waals surface area contributed by atoms with E-state index in [1.165, 1.54) is 12.8 Å². The van der Waals surface area contributed by atoms with Crippen LogP contribution in [0.4, 0.5) is 0 Å². The average molecular weight is 360 g/mol. The minimum Gasteiger partial charge on any atom is -0.488 e. The van der Waals surface area contributed by atoms with Crippen LogP contribution >= 0.6 is 11.6 Å². The predicted molar refractivity (Wildman–Crippen MR) is 98.1 cm³/mol. The van der Waals surface area contributed by atoms with Gasteiger partial charge in [-0.25, -0.2) is 0 Å². The number of amides is 1. The molecule has 0 aromatic heterocycles. The molecule has 0 aliphatic heterocycles. The van der Waals surface area contributed by atoms with E-state index in [4.69, 9.17) is 21.1 Å². The van der Waals surface area contributed by atoms with E-state index in [0.717, 1.165) is 18.1 Å². The van der Waals surface area contributed by atoms with Gasteiger partial charge in [-0.2, -0.15) is 0 Å². The van der Waals surface area contributed by atoms with Gasteiger partial charge in [0.2, 0.25) is 0 Å². The van der Waals surface area contributed by atoms with Crippen LogP contribution in [0.5, 0.6) is 5.75 Å². The van der Waals surface area contributed by atoms with Crippen LogP contribution in [0, 0.1) is 5.92 Å². The molecule has 0 spiro atoms. The molecule has 25 heavy (non-hydrogen) atoms. The topological polar surface area (TPSA) is 47.6 Å². The fourth-order valence-corrected chi connectivity index (χ4v) is 2.51. The number of ether oxygens (including phenoxy) is 2. The van der Waals surface area contributed by atoms with Crippen molar-refractivity contribution in [3.63, 3.8) is 0 Å². The Balaban J connectivity index is 1.50. The van der Waals surface area contributed by atoms with Crippen LogP contribution in [0.3, 0.4) is 0 Å². The highest BCUT2D eigenvalue weighted by Gasteiger charge is 2.21. The van der Waals surface area contributed by atoms with Gasteiger partial charge in [0.25, 0.3) is 5.91 Å². The lowest BCUT2D eigenvalue weighted by Gasteiger charge is -2.12. The molecule has 0 unspecified atom stereocenters. The van der Waals surface area contributed by atoms with Gasteiger partial charge in [-0.1, -0.05) is 35.9 Å². The molecule has 2 aromatic rings. The van der Waals surface area contributed by atoms with Gasteiger partial charge in [0, 0.05) is 18.2 Å². The first-order valence-corrected chi connectivity index (χ1v) is 8.92. The van der Waals surface area contributed by atoms with Crippen LogP contribution in [0.15, 0.2) is 48.5 Å². The van der Waals surface area contributed by atoms with Crippen molar-refractivity contribution >= 4 is 17.5 Å². The van der Waals surface area contributed by atoms with Gasteiger partial charge in [-0.15, -0.1) is 0 Å². The van der Waals surface area contributed by atoms with Crippen molar-refractivity contribution in [1.82, 2.24) is 5.32 Å². The van der Waals surface area contributed by atoms with Crippen LogP contribution < -0.4 is 10.1 Å². The van der Waals surface area contributed by atoms with Crippen LogP contribution in [0.25, 0.3) is 0 Å². The summed E-state index contributed by atoms with van der Waals surface area (Å²) in [5, 5.41) is 3.57. The van der Waals surface area contributed by atoms with Gasteiger partial charge in [-0.05, 0) is 48.6 Å². The number of hydrogen-bond donors (Lipinski definition) is 1. The quantitative estimate of drug-likeness (QED) is 0.686. The minimum atomic E-state index is -0.151. The summed E-state index contributed by atoms with van der Waals surface area (Å²) < 4.78 is 11.3. The first-order chi connectivity index (χ1) is 12.2. The van der Waals surface area contributed by atoms with Crippen molar-refractivity contribution in [3.8, 4) is 5.75 Å². The largest absolute Gasteiger partial charge is 0.488 e. The van der Waals surface area contributed by atoms with E-state index in [1.54, 1.807) is 12.1 Å². The first kappa shape index (κ1) is 17.8. The van der Waals surface area contributed by atoms with Crippen LogP contribution in [0.1, 0.15) is 28.8 Å². The third-order valence-electron chi connectivity index (χ3n) is 4.02. The second kappa shape index (κ2) is 8.88. The summed E-state index contributed by atoms with van der Waals surface area (Å²) in [5.74, 6) is 1.15. The monoisotopic (exact) mass is 359 g/mol. The summed E-state index contributed by atoms with van der Waals surface area (Å²) in [5.41, 5.74) is 1.52. The normalized spacial score (nSPS) is 13.5. The number of rotatable bonds is 9. The second-order valence-electron chi connectivity index (χ2n) is 6.19. The van der Waals surface area contributed by atoms with Crippen molar-refractivity contribution < 1.29 is 14.3 Å². The van der Waals surface area contributed by atoms with E-state index in [1.807, 2.05) is 36.4 Å². The summed E-state index contributed by atoms with van der Waals surface area (Å²) in [4.78, 5) is 12.4. The Morgan fingerprint density at radius 3 is 2.64 bits per heavy atom. The lowest BCUT2D eigenvalue weighted by Crippen LogP contribution is -2.27. The number of para-hydroxylation sites is 1. The molecule has 1 amide bonds. The smallest absolute Gasteiger partial charge is 0.255 e. The fourth-order valence-electron chi connectivity index (χ4n) is 2.39. The van der Waals surface area contributed by atoms with Gasteiger partial charge >= 0.3 is 0 Å². The molecular formula is C20H22ClNO3. The van der Waals surface area contributed by atoms with Crippen molar-refractivity contribution in [2.45, 2.75) is 19.4 Å². The number of hydrogen-bond acceptors (Lipinski definition) is 3. The maximum Gasteiger partial charge on any atom is 0.255 e. The Morgan fingerprint density at radius 1 is 1.12 bits per heavy atom. The molecule has 4 nitrogen and oxygen atoms in total. The molecular weight excluding hydrogens is 338 g/mol. The molecule has 0 saturated heterocycles. The van der Waals surface area contributed by atoms with Crippen molar-refractivity contribution in [3.05, 3.63) is 64.7 Å². The third-order valence-corrected chi connectivity index (χ3v) is 4.27. The van der Waals surface area contributed by atoms with Gasteiger partial charge in [0.1, 0.15) is 12.4 Å². The molecule has 0 radical (unpaired) electrons. The van der Waals surface area contributed by atoms with E-state index in [0.29, 0.717) is 36.1 Å². The van der Waals surface area contributed by atoms with E-state index in [9.17, 15) is 4.79 Å². The molecule has 1 fully saturated rings. The Kier molecular flexibility index (Phi) is 6.31. The average Bonchev–Trinajstić information content (AvgIpc) is 3.45. The van der Waals surface area contributed by atoms with Crippen molar-refractivity contribution in [2.24, 2.45) is 5.92 Å². The van der Waals surface area contributed by atoms with Gasteiger partial charge in [0.15, 0.2) is 0 Å². The molecule has 132 valence electrons. The zero-order chi connectivity index (χ0) is 17.5. The number of carbonyl (C=O) groups excluding carboxylic acids is 1. The van der Waals surface area contributed by atoms with Crippen LogP contribution in [-0.4, -0.2) is 25.7 Å². The number of nitrogens with one attached hydrogen (secondary N) is 1. The molecule has 1 aliphatic rings. The van der Waals surface area contributed by atoms with E-state index >= 15 is 0 Å². The molecule has 1 saturated carbocycles. The third kappa shape index (κ3) is 5.76. The fraction of sp³-hybridized carbons (Fsp3) is 0.350. The zero-order valence-electron chi connectivity index (χ0n) is 14.0. The number of halogens is 1. The highest BCUT2D eigenvalue weighted by Crippen LogP contribution is 2.28. The van der Waals surface area contributed by atoms with Crippen LogP contribution in [0.2, 0.25) is 5.02 Å². The summed E-state index contributed by atoms with van der Waals surface area (Å²) in [7, 11) is 0. The van der Waals surface area contributed by atoms with Crippen molar-refractivity contribution in [1.29, 1.82) is 0 Å². The van der Waals surface area contributed by atoms with E-state index < -0.39 is 0 Å². The van der Waals surface area contributed by atoms with Gasteiger partial charge in [-0.3, -0.25) is 4.79 Å². The molecule has 0 heterocycles. The molecule has 0 atom stereocenters. The minimum absolute atomic E-state index is 0.151. The highest BCUT2D eigenvalue weighted by molar-refractivity contribution is 6.30.